The van der Waals surface area contributed by atoms with Crippen LogP contribution < -0.4 is 0 Å². The quantitative estimate of drug-likeness (QED) is 0.420. The first-order valence-electron chi connectivity index (χ1n) is 4.51. The van der Waals surface area contributed by atoms with Gasteiger partial charge in [0.05, 0.1) is 0 Å². The van der Waals surface area contributed by atoms with Crippen LogP contribution in [0.5, 0.6) is 0 Å². The number of halogens is 4. The molecule has 0 aromatic heterocycles. The van der Waals surface area contributed by atoms with E-state index in [1.165, 1.54) is 0 Å². The van der Waals surface area contributed by atoms with E-state index >= 15 is 0 Å². The molecule has 0 amide bonds. The lowest BCUT2D eigenvalue weighted by molar-refractivity contribution is 0.368. The normalized spacial score (nSPS) is 15.7. The van der Waals surface area contributed by atoms with E-state index < -0.39 is 7.25 Å². The molecule has 0 fully saturated rings. The number of rotatable bonds is 0. The third kappa shape index (κ3) is 19.2. The third-order valence-corrected chi connectivity index (χ3v) is 1.31. The summed E-state index contributed by atoms with van der Waals surface area (Å²) in [6, 6.07) is 0. The molecule has 15 heavy (non-hydrogen) atoms. The van der Waals surface area contributed by atoms with Crippen molar-refractivity contribution in [3.63, 3.8) is 0 Å². The number of allylic oxidation sites excluding steroid dienone is 8. The molecular formula is C10H12BF4-. The van der Waals surface area contributed by atoms with Crippen molar-refractivity contribution in [1.29, 1.82) is 0 Å². The molecule has 0 radical (unpaired) electrons. The molecule has 2 rings (SSSR count). The zero-order chi connectivity index (χ0) is 11.6. The lowest BCUT2D eigenvalue weighted by atomic mass is 10.3. The van der Waals surface area contributed by atoms with Crippen LogP contribution in [0.15, 0.2) is 48.6 Å². The van der Waals surface area contributed by atoms with Gasteiger partial charge in [0, 0.05) is 0 Å². The minimum atomic E-state index is -6.00. The van der Waals surface area contributed by atoms with Gasteiger partial charge in [0.1, 0.15) is 0 Å². The van der Waals surface area contributed by atoms with Gasteiger partial charge in [-0.15, -0.1) is 0 Å². The van der Waals surface area contributed by atoms with Gasteiger partial charge >= 0.3 is 7.25 Å². The summed E-state index contributed by atoms with van der Waals surface area (Å²) >= 11 is 0. The molecule has 5 heteroatoms. The van der Waals surface area contributed by atoms with E-state index in [2.05, 4.69) is 48.6 Å². The second kappa shape index (κ2) is 8.09. The first-order valence-corrected chi connectivity index (χ1v) is 4.51. The molecule has 0 saturated carbocycles. The van der Waals surface area contributed by atoms with Crippen LogP contribution in [0.1, 0.15) is 12.8 Å². The van der Waals surface area contributed by atoms with Gasteiger partial charge < -0.3 is 17.3 Å². The van der Waals surface area contributed by atoms with Crippen LogP contribution in [0.3, 0.4) is 0 Å². The Morgan fingerprint density at radius 2 is 0.800 bits per heavy atom. The van der Waals surface area contributed by atoms with E-state index in [0.29, 0.717) is 0 Å². The van der Waals surface area contributed by atoms with Crippen LogP contribution in [-0.2, 0) is 0 Å². The van der Waals surface area contributed by atoms with E-state index in [-0.39, 0.29) is 0 Å². The summed E-state index contributed by atoms with van der Waals surface area (Å²) in [7, 11) is -6.00. The molecule has 0 unspecified atom stereocenters. The van der Waals surface area contributed by atoms with Gasteiger partial charge in [0.15, 0.2) is 0 Å². The predicted octanol–water partition coefficient (Wildman–Crippen LogP) is 4.31. The molecule has 2 aliphatic rings. The topological polar surface area (TPSA) is 0 Å². The molecule has 0 N–H and O–H groups in total. The molecule has 0 spiro atoms. The average molecular weight is 219 g/mol. The van der Waals surface area contributed by atoms with Crippen molar-refractivity contribution in [3.05, 3.63) is 48.6 Å². The van der Waals surface area contributed by atoms with Crippen molar-refractivity contribution in [2.75, 3.05) is 0 Å². The van der Waals surface area contributed by atoms with Gasteiger partial charge in [-0.2, -0.15) is 0 Å². The maximum atomic E-state index is 9.75. The van der Waals surface area contributed by atoms with Crippen LogP contribution >= 0.6 is 0 Å². The van der Waals surface area contributed by atoms with Crippen molar-refractivity contribution < 1.29 is 17.3 Å². The second-order valence-electron chi connectivity index (χ2n) is 2.68. The maximum Gasteiger partial charge on any atom is 0.673 e. The highest BCUT2D eigenvalue weighted by Gasteiger charge is 2.20. The maximum absolute atomic E-state index is 9.75. The van der Waals surface area contributed by atoms with Crippen molar-refractivity contribution in [1.82, 2.24) is 0 Å². The zero-order valence-corrected chi connectivity index (χ0v) is 8.12. The smallest absolute Gasteiger partial charge is 0.418 e. The molecule has 0 heterocycles. The molecule has 0 bridgehead atoms. The Hall–Kier alpha value is -1.26. The van der Waals surface area contributed by atoms with Gasteiger partial charge in [-0.1, -0.05) is 48.6 Å². The van der Waals surface area contributed by atoms with Gasteiger partial charge in [0.25, 0.3) is 0 Å². The standard InChI is InChI=1S/2C5H6.BF4/c2*1-2-4-5-3-1;2-1(3,4)5/h2*1-4H,5H2;/q;;-1. The number of hydrogen-bond donors (Lipinski definition) is 0. The van der Waals surface area contributed by atoms with E-state index in [1.807, 2.05) is 0 Å². The van der Waals surface area contributed by atoms with E-state index in [0.717, 1.165) is 12.8 Å². The van der Waals surface area contributed by atoms with Crippen LogP contribution in [0.25, 0.3) is 0 Å². The van der Waals surface area contributed by atoms with Crippen LogP contribution in [-0.4, -0.2) is 7.25 Å². The first kappa shape index (κ1) is 13.7. The Morgan fingerprint density at radius 3 is 0.867 bits per heavy atom. The summed E-state index contributed by atoms with van der Waals surface area (Å²) in [6.45, 7) is 0. The lowest BCUT2D eigenvalue weighted by Gasteiger charge is -1.94. The molecular weight excluding hydrogens is 207 g/mol. The Morgan fingerprint density at radius 1 is 0.600 bits per heavy atom. The summed E-state index contributed by atoms with van der Waals surface area (Å²) in [5.41, 5.74) is 0. The molecule has 0 nitrogen and oxygen atoms in total. The summed E-state index contributed by atoms with van der Waals surface area (Å²) in [4.78, 5) is 0. The fourth-order valence-corrected chi connectivity index (χ4v) is 0.786. The fourth-order valence-electron chi connectivity index (χ4n) is 0.786. The number of hydrogen-bond acceptors (Lipinski definition) is 0. The van der Waals surface area contributed by atoms with E-state index in [9.17, 15) is 17.3 Å². The summed E-state index contributed by atoms with van der Waals surface area (Å²) in [6.07, 6.45) is 19.0. The second-order valence-corrected chi connectivity index (χ2v) is 2.68. The summed E-state index contributed by atoms with van der Waals surface area (Å²) in [5.74, 6) is 0. The van der Waals surface area contributed by atoms with Crippen LogP contribution in [0.2, 0.25) is 0 Å². The van der Waals surface area contributed by atoms with Crippen molar-refractivity contribution in [2.45, 2.75) is 12.8 Å². The Labute approximate surface area is 86.8 Å². The highest BCUT2D eigenvalue weighted by molar-refractivity contribution is 6.50. The monoisotopic (exact) mass is 219 g/mol. The molecule has 2 aliphatic carbocycles. The Balaban J connectivity index is 0.000000196. The lowest BCUT2D eigenvalue weighted by Crippen LogP contribution is -2.02. The van der Waals surface area contributed by atoms with Gasteiger partial charge in [-0.3, -0.25) is 0 Å². The highest BCUT2D eigenvalue weighted by atomic mass is 19.5. The third-order valence-electron chi connectivity index (χ3n) is 1.31. The zero-order valence-electron chi connectivity index (χ0n) is 8.12. The largest absolute Gasteiger partial charge is 0.673 e. The average Bonchev–Trinajstić information content (AvgIpc) is 2.81. The summed E-state index contributed by atoms with van der Waals surface area (Å²) in [5, 5.41) is 0. The van der Waals surface area contributed by atoms with Crippen LogP contribution in [0, 0.1) is 0 Å². The van der Waals surface area contributed by atoms with Crippen molar-refractivity contribution in [3.8, 4) is 0 Å². The van der Waals surface area contributed by atoms with Gasteiger partial charge in [-0.05, 0) is 12.8 Å². The molecule has 0 saturated heterocycles. The van der Waals surface area contributed by atoms with Crippen molar-refractivity contribution >= 4 is 7.25 Å². The SMILES string of the molecule is C1=CCC=C1.C1=CCC=C1.F[B-](F)(F)F. The molecule has 84 valence electrons. The minimum Gasteiger partial charge on any atom is -0.418 e. The van der Waals surface area contributed by atoms with Gasteiger partial charge in [0.2, 0.25) is 0 Å². The highest BCUT2D eigenvalue weighted by Crippen LogP contribution is 2.06. The Kier molecular flexibility index (Phi) is 7.41. The fraction of sp³-hybridized carbons (Fsp3) is 0.200. The van der Waals surface area contributed by atoms with E-state index in [4.69, 9.17) is 0 Å². The van der Waals surface area contributed by atoms with Crippen LogP contribution in [0.4, 0.5) is 17.3 Å². The molecule has 0 aromatic rings. The molecule has 0 aromatic carbocycles. The predicted molar refractivity (Wildman–Crippen MR) is 56.0 cm³/mol. The van der Waals surface area contributed by atoms with Gasteiger partial charge in [-0.25, -0.2) is 0 Å². The summed E-state index contributed by atoms with van der Waals surface area (Å²) < 4.78 is 39.0. The molecule has 0 atom stereocenters. The minimum absolute atomic E-state index is 1.14. The Bertz CT molecular complexity index is 213. The van der Waals surface area contributed by atoms with E-state index in [1.54, 1.807) is 0 Å². The molecule has 0 aliphatic heterocycles. The first-order chi connectivity index (χ1) is 7.00. The van der Waals surface area contributed by atoms with Crippen molar-refractivity contribution in [2.24, 2.45) is 0 Å².